The van der Waals surface area contributed by atoms with Gasteiger partial charge in [0, 0.05) is 21.6 Å². The van der Waals surface area contributed by atoms with E-state index in [9.17, 15) is 4.79 Å². The molecule has 1 aliphatic heterocycles. The second kappa shape index (κ2) is 4.47. The van der Waals surface area contributed by atoms with Crippen LogP contribution in [0.15, 0.2) is 21.6 Å². The van der Waals surface area contributed by atoms with Gasteiger partial charge in [-0.1, -0.05) is 0 Å². The molecule has 96 valence electrons. The summed E-state index contributed by atoms with van der Waals surface area (Å²) in [7, 11) is 0. The van der Waals surface area contributed by atoms with Gasteiger partial charge < -0.3 is 4.98 Å². The van der Waals surface area contributed by atoms with E-state index in [1.165, 1.54) is 10.4 Å². The van der Waals surface area contributed by atoms with Crippen molar-refractivity contribution in [2.24, 2.45) is 0 Å². The molecule has 0 fully saturated rings. The van der Waals surface area contributed by atoms with Gasteiger partial charge in [0.15, 0.2) is 0 Å². The van der Waals surface area contributed by atoms with Crippen LogP contribution < -0.4 is 5.56 Å². The minimum Gasteiger partial charge on any atom is -0.306 e. The summed E-state index contributed by atoms with van der Waals surface area (Å²) in [6.45, 7) is 0. The number of thiophene rings is 2. The van der Waals surface area contributed by atoms with Crippen molar-refractivity contribution in [2.75, 3.05) is 5.75 Å². The highest BCUT2D eigenvalue weighted by atomic mass is 32.2. The van der Waals surface area contributed by atoms with Crippen LogP contribution in [0, 0.1) is 0 Å². The minimum absolute atomic E-state index is 0.00981. The second-order valence-corrected chi connectivity index (χ2v) is 7.38. The van der Waals surface area contributed by atoms with Crippen molar-refractivity contribution in [1.82, 2.24) is 9.97 Å². The third-order valence-corrected chi connectivity index (χ3v) is 6.25. The molecule has 0 bridgehead atoms. The fraction of sp³-hybridized carbons (Fsp3) is 0.231. The predicted molar refractivity (Wildman–Crippen MR) is 83.4 cm³/mol. The Labute approximate surface area is 121 Å². The number of aromatic nitrogens is 2. The number of nitrogens with one attached hydrogen (secondary N) is 1. The molecule has 3 aromatic heterocycles. The maximum absolute atomic E-state index is 12.3. The van der Waals surface area contributed by atoms with Crippen LogP contribution in [-0.2, 0) is 12.2 Å². The molecule has 0 radical (unpaired) electrons. The largest absolute Gasteiger partial charge is 0.306 e. The standard InChI is InChI=1S/C13H10N2OS3/c16-12-10-8-2-4-18-6-9(8)19-13(10)15-11(14-12)7-1-3-17-5-7/h1,3,5H,2,4,6H2,(H,14,15,16). The molecule has 0 aromatic carbocycles. The molecule has 6 heteroatoms. The maximum atomic E-state index is 12.3. The van der Waals surface area contributed by atoms with Crippen molar-refractivity contribution in [1.29, 1.82) is 0 Å². The monoisotopic (exact) mass is 306 g/mol. The maximum Gasteiger partial charge on any atom is 0.260 e. The average Bonchev–Trinajstić information content (AvgIpc) is 3.05. The number of aromatic amines is 1. The molecule has 0 unspecified atom stereocenters. The van der Waals surface area contributed by atoms with Crippen molar-refractivity contribution in [2.45, 2.75) is 12.2 Å². The lowest BCUT2D eigenvalue weighted by Gasteiger charge is -2.09. The van der Waals surface area contributed by atoms with Gasteiger partial charge in [0.1, 0.15) is 10.7 Å². The molecule has 4 rings (SSSR count). The predicted octanol–water partition coefficient (Wildman–Crippen LogP) is 3.50. The van der Waals surface area contributed by atoms with Crippen LogP contribution in [0.3, 0.4) is 0 Å². The molecule has 0 atom stereocenters. The van der Waals surface area contributed by atoms with Crippen molar-refractivity contribution >= 4 is 44.7 Å². The Kier molecular flexibility index (Phi) is 2.75. The van der Waals surface area contributed by atoms with Gasteiger partial charge in [-0.15, -0.1) is 11.3 Å². The second-order valence-electron chi connectivity index (χ2n) is 4.41. The van der Waals surface area contributed by atoms with E-state index >= 15 is 0 Å². The number of fused-ring (bicyclic) bond motifs is 3. The van der Waals surface area contributed by atoms with Crippen LogP contribution in [0.4, 0.5) is 0 Å². The van der Waals surface area contributed by atoms with Crippen LogP contribution >= 0.6 is 34.4 Å². The summed E-state index contributed by atoms with van der Waals surface area (Å²) in [5, 5.41) is 4.82. The van der Waals surface area contributed by atoms with Gasteiger partial charge in [0.25, 0.3) is 5.56 Å². The van der Waals surface area contributed by atoms with Gasteiger partial charge in [0.05, 0.1) is 5.39 Å². The third kappa shape index (κ3) is 1.86. The Morgan fingerprint density at radius 1 is 1.37 bits per heavy atom. The normalized spacial score (nSPS) is 14.7. The third-order valence-electron chi connectivity index (χ3n) is 3.27. The van der Waals surface area contributed by atoms with Crippen LogP contribution in [0.25, 0.3) is 21.6 Å². The summed E-state index contributed by atoms with van der Waals surface area (Å²) < 4.78 is 0. The summed E-state index contributed by atoms with van der Waals surface area (Å²) in [5.74, 6) is 2.80. The van der Waals surface area contributed by atoms with Gasteiger partial charge in [-0.3, -0.25) is 4.79 Å². The zero-order chi connectivity index (χ0) is 12.8. The number of nitrogens with zero attached hydrogens (tertiary/aromatic N) is 1. The number of aryl methyl sites for hydroxylation is 1. The SMILES string of the molecule is O=c1[nH]c(-c2ccsc2)nc2sc3c(c12)CCSC3. The first-order valence-corrected chi connectivity index (χ1v) is 8.89. The van der Waals surface area contributed by atoms with Crippen LogP contribution in [0.5, 0.6) is 0 Å². The molecular formula is C13H10N2OS3. The Balaban J connectivity index is 2.00. The van der Waals surface area contributed by atoms with E-state index in [2.05, 4.69) is 9.97 Å². The molecule has 0 saturated heterocycles. The van der Waals surface area contributed by atoms with Crippen molar-refractivity contribution in [3.63, 3.8) is 0 Å². The molecule has 19 heavy (non-hydrogen) atoms. The quantitative estimate of drug-likeness (QED) is 0.748. The van der Waals surface area contributed by atoms with Gasteiger partial charge in [0.2, 0.25) is 0 Å². The fourth-order valence-electron chi connectivity index (χ4n) is 2.37. The molecule has 0 saturated carbocycles. The van der Waals surface area contributed by atoms with E-state index in [4.69, 9.17) is 0 Å². The first-order valence-electron chi connectivity index (χ1n) is 5.98. The fourth-order valence-corrected chi connectivity index (χ4v) is 5.36. The summed E-state index contributed by atoms with van der Waals surface area (Å²) >= 11 is 5.22. The van der Waals surface area contributed by atoms with E-state index in [0.717, 1.165) is 33.7 Å². The first kappa shape index (κ1) is 11.7. The molecule has 1 N–H and O–H groups in total. The number of hydrogen-bond donors (Lipinski definition) is 1. The Bertz CT molecular complexity index is 801. The summed E-state index contributed by atoms with van der Waals surface area (Å²) in [6, 6.07) is 1.98. The Morgan fingerprint density at radius 2 is 2.32 bits per heavy atom. The van der Waals surface area contributed by atoms with E-state index in [0.29, 0.717) is 5.82 Å². The van der Waals surface area contributed by atoms with Crippen molar-refractivity contribution in [3.8, 4) is 11.4 Å². The van der Waals surface area contributed by atoms with Crippen molar-refractivity contribution in [3.05, 3.63) is 37.6 Å². The molecule has 3 nitrogen and oxygen atoms in total. The lowest BCUT2D eigenvalue weighted by molar-refractivity contribution is 1.11. The number of hydrogen-bond acceptors (Lipinski definition) is 5. The number of H-pyrrole nitrogens is 1. The van der Waals surface area contributed by atoms with Crippen LogP contribution in [-0.4, -0.2) is 15.7 Å². The minimum atomic E-state index is 0.00981. The molecule has 4 heterocycles. The molecular weight excluding hydrogens is 296 g/mol. The zero-order valence-corrected chi connectivity index (χ0v) is 12.4. The van der Waals surface area contributed by atoms with Crippen LogP contribution in [0.2, 0.25) is 0 Å². The van der Waals surface area contributed by atoms with E-state index in [1.54, 1.807) is 22.7 Å². The lowest BCUT2D eigenvalue weighted by Crippen LogP contribution is -2.11. The highest BCUT2D eigenvalue weighted by Crippen LogP contribution is 2.35. The van der Waals surface area contributed by atoms with Crippen LogP contribution in [0.1, 0.15) is 10.4 Å². The van der Waals surface area contributed by atoms with E-state index in [1.807, 2.05) is 28.6 Å². The number of thioether (sulfide) groups is 1. The van der Waals surface area contributed by atoms with Gasteiger partial charge in [-0.05, 0) is 29.2 Å². The lowest BCUT2D eigenvalue weighted by atomic mass is 10.1. The van der Waals surface area contributed by atoms with Crippen molar-refractivity contribution < 1.29 is 0 Å². The molecule has 3 aromatic rings. The first-order chi connectivity index (χ1) is 9.33. The topological polar surface area (TPSA) is 45.8 Å². The zero-order valence-electron chi connectivity index (χ0n) is 9.93. The van der Waals surface area contributed by atoms with E-state index in [-0.39, 0.29) is 5.56 Å². The smallest absolute Gasteiger partial charge is 0.260 e. The Morgan fingerprint density at radius 3 is 3.16 bits per heavy atom. The summed E-state index contributed by atoms with van der Waals surface area (Å²) in [5.41, 5.74) is 2.23. The van der Waals surface area contributed by atoms with Gasteiger partial charge >= 0.3 is 0 Å². The number of rotatable bonds is 1. The molecule has 0 aliphatic carbocycles. The van der Waals surface area contributed by atoms with E-state index < -0.39 is 0 Å². The highest BCUT2D eigenvalue weighted by molar-refractivity contribution is 7.98. The summed E-state index contributed by atoms with van der Waals surface area (Å²) in [4.78, 5) is 22.1. The molecule has 0 amide bonds. The van der Waals surface area contributed by atoms with Gasteiger partial charge in [-0.25, -0.2) is 4.98 Å². The molecule has 0 spiro atoms. The molecule has 1 aliphatic rings. The van der Waals surface area contributed by atoms with Gasteiger partial charge in [-0.2, -0.15) is 23.1 Å². The average molecular weight is 306 g/mol. The highest BCUT2D eigenvalue weighted by Gasteiger charge is 2.20. The summed E-state index contributed by atoms with van der Waals surface area (Å²) in [6.07, 6.45) is 0.989. The Hall–Kier alpha value is -1.11.